The second kappa shape index (κ2) is 7.23. The summed E-state index contributed by atoms with van der Waals surface area (Å²) < 4.78 is 0. The Balaban J connectivity index is 1.53. The molecule has 6 heteroatoms. The van der Waals surface area contributed by atoms with Crippen LogP contribution in [-0.2, 0) is 11.2 Å². The van der Waals surface area contributed by atoms with Gasteiger partial charge in [0.1, 0.15) is 0 Å². The van der Waals surface area contributed by atoms with E-state index in [4.69, 9.17) is 0 Å². The lowest BCUT2D eigenvalue weighted by atomic mass is 10.2. The predicted molar refractivity (Wildman–Crippen MR) is 96.5 cm³/mol. The smallest absolute Gasteiger partial charge is 0.264 e. The molecule has 0 radical (unpaired) electrons. The Labute approximate surface area is 148 Å². The number of thiophene rings is 1. The van der Waals surface area contributed by atoms with Crippen molar-refractivity contribution in [2.45, 2.75) is 52.1 Å². The molecule has 5 nitrogen and oxygen atoms in total. The van der Waals surface area contributed by atoms with Gasteiger partial charge in [0.15, 0.2) is 0 Å². The summed E-state index contributed by atoms with van der Waals surface area (Å²) in [5.41, 5.74) is 1.27. The maximum absolute atomic E-state index is 12.7. The minimum absolute atomic E-state index is 0.112. The zero-order chi connectivity index (χ0) is 17.3. The SMILES string of the molecule is CCc1cc(C(=O)N2CCN(C(C)C(=O)NC3CC3)CC2)sc1C. The molecule has 0 aromatic carbocycles. The highest BCUT2D eigenvalue weighted by Crippen LogP contribution is 2.24. The van der Waals surface area contributed by atoms with Crippen molar-refractivity contribution in [2.75, 3.05) is 26.2 Å². The number of nitrogens with one attached hydrogen (secondary N) is 1. The fourth-order valence-corrected chi connectivity index (χ4v) is 4.24. The van der Waals surface area contributed by atoms with Gasteiger partial charge in [-0.3, -0.25) is 14.5 Å². The van der Waals surface area contributed by atoms with Crippen molar-refractivity contribution in [3.8, 4) is 0 Å². The van der Waals surface area contributed by atoms with Crippen LogP contribution in [0.1, 0.15) is 46.8 Å². The highest BCUT2D eigenvalue weighted by Gasteiger charge is 2.31. The van der Waals surface area contributed by atoms with Gasteiger partial charge in [-0.1, -0.05) is 6.92 Å². The largest absolute Gasteiger partial charge is 0.352 e. The van der Waals surface area contributed by atoms with E-state index in [1.54, 1.807) is 11.3 Å². The minimum Gasteiger partial charge on any atom is -0.352 e. The van der Waals surface area contributed by atoms with Gasteiger partial charge in [0.2, 0.25) is 5.91 Å². The van der Waals surface area contributed by atoms with E-state index in [2.05, 4.69) is 24.1 Å². The molecule has 132 valence electrons. The predicted octanol–water partition coefficient (Wildman–Crippen LogP) is 2.04. The maximum atomic E-state index is 12.7. The van der Waals surface area contributed by atoms with Gasteiger partial charge in [-0.15, -0.1) is 11.3 Å². The number of piperazine rings is 1. The third kappa shape index (κ3) is 3.81. The first kappa shape index (κ1) is 17.4. The molecule has 3 rings (SSSR count). The lowest BCUT2D eigenvalue weighted by molar-refractivity contribution is -0.126. The van der Waals surface area contributed by atoms with E-state index in [1.807, 2.05) is 17.9 Å². The topological polar surface area (TPSA) is 52.7 Å². The van der Waals surface area contributed by atoms with E-state index in [0.717, 1.165) is 37.2 Å². The lowest BCUT2D eigenvalue weighted by Crippen LogP contribution is -2.55. The molecule has 0 spiro atoms. The molecule has 1 aliphatic carbocycles. The summed E-state index contributed by atoms with van der Waals surface area (Å²) in [5, 5.41) is 3.07. The van der Waals surface area contributed by atoms with Crippen LogP contribution in [0.5, 0.6) is 0 Å². The molecular formula is C18H27N3O2S. The van der Waals surface area contributed by atoms with Crippen LogP contribution >= 0.6 is 11.3 Å². The van der Waals surface area contributed by atoms with Crippen molar-refractivity contribution >= 4 is 23.2 Å². The molecule has 2 amide bonds. The summed E-state index contributed by atoms with van der Waals surface area (Å²) in [5.74, 6) is 0.260. The number of hydrogen-bond acceptors (Lipinski definition) is 4. The van der Waals surface area contributed by atoms with Crippen LogP contribution in [0, 0.1) is 6.92 Å². The van der Waals surface area contributed by atoms with Crippen LogP contribution in [0.4, 0.5) is 0 Å². The number of amides is 2. The van der Waals surface area contributed by atoms with Gasteiger partial charge in [-0.2, -0.15) is 0 Å². The monoisotopic (exact) mass is 349 g/mol. The lowest BCUT2D eigenvalue weighted by Gasteiger charge is -2.37. The van der Waals surface area contributed by atoms with E-state index >= 15 is 0 Å². The molecule has 1 saturated carbocycles. The third-order valence-electron chi connectivity index (χ3n) is 5.06. The van der Waals surface area contributed by atoms with Gasteiger partial charge in [0, 0.05) is 37.1 Å². The highest BCUT2D eigenvalue weighted by molar-refractivity contribution is 7.14. The van der Waals surface area contributed by atoms with E-state index in [1.165, 1.54) is 10.4 Å². The van der Waals surface area contributed by atoms with E-state index < -0.39 is 0 Å². The standard InChI is InChI=1S/C18H27N3O2S/c1-4-14-11-16(24-13(14)3)18(23)21-9-7-20(8-10-21)12(2)17(22)19-15-5-6-15/h11-12,15H,4-10H2,1-3H3,(H,19,22). The van der Waals surface area contributed by atoms with Crippen molar-refractivity contribution in [3.05, 3.63) is 21.4 Å². The summed E-state index contributed by atoms with van der Waals surface area (Å²) >= 11 is 1.60. The fourth-order valence-electron chi connectivity index (χ4n) is 3.16. The molecular weight excluding hydrogens is 322 g/mol. The zero-order valence-corrected chi connectivity index (χ0v) is 15.6. The first-order valence-corrected chi connectivity index (χ1v) is 9.74. The molecule has 1 aliphatic heterocycles. The quantitative estimate of drug-likeness (QED) is 0.885. The maximum Gasteiger partial charge on any atom is 0.264 e. The van der Waals surface area contributed by atoms with Gasteiger partial charge in [0.25, 0.3) is 5.91 Å². The molecule has 1 N–H and O–H groups in total. The van der Waals surface area contributed by atoms with Gasteiger partial charge in [-0.05, 0) is 44.7 Å². The second-order valence-corrected chi connectivity index (χ2v) is 8.09. The average molecular weight is 350 g/mol. The van der Waals surface area contributed by atoms with Crippen LogP contribution in [-0.4, -0.2) is 59.9 Å². The number of rotatable bonds is 5. The minimum atomic E-state index is -0.112. The molecule has 1 aromatic heterocycles. The van der Waals surface area contributed by atoms with Crippen molar-refractivity contribution in [1.82, 2.24) is 15.1 Å². The van der Waals surface area contributed by atoms with E-state index in [0.29, 0.717) is 19.1 Å². The fraction of sp³-hybridized carbons (Fsp3) is 0.667. The van der Waals surface area contributed by atoms with Gasteiger partial charge in [0.05, 0.1) is 10.9 Å². The molecule has 1 saturated heterocycles. The molecule has 2 aliphatic rings. The van der Waals surface area contributed by atoms with E-state index in [-0.39, 0.29) is 17.9 Å². The summed E-state index contributed by atoms with van der Waals surface area (Å²) in [6.07, 6.45) is 3.19. The number of hydrogen-bond donors (Lipinski definition) is 1. The average Bonchev–Trinajstić information content (AvgIpc) is 3.33. The van der Waals surface area contributed by atoms with E-state index in [9.17, 15) is 9.59 Å². The molecule has 2 fully saturated rings. The van der Waals surface area contributed by atoms with Crippen LogP contribution in [0.15, 0.2) is 6.07 Å². The Hall–Kier alpha value is -1.40. The normalized spacial score (nSPS) is 20.0. The summed E-state index contributed by atoms with van der Waals surface area (Å²) in [7, 11) is 0. The Morgan fingerprint density at radius 2 is 1.96 bits per heavy atom. The van der Waals surface area contributed by atoms with Gasteiger partial charge >= 0.3 is 0 Å². The third-order valence-corrected chi connectivity index (χ3v) is 6.15. The molecule has 1 unspecified atom stereocenters. The van der Waals surface area contributed by atoms with Crippen LogP contribution in [0.25, 0.3) is 0 Å². The van der Waals surface area contributed by atoms with Crippen molar-refractivity contribution in [3.63, 3.8) is 0 Å². The highest BCUT2D eigenvalue weighted by atomic mass is 32.1. The first-order valence-electron chi connectivity index (χ1n) is 8.92. The van der Waals surface area contributed by atoms with Crippen molar-refractivity contribution in [2.24, 2.45) is 0 Å². The summed E-state index contributed by atoms with van der Waals surface area (Å²) in [6, 6.07) is 2.33. The number of carbonyl (C=O) groups is 2. The zero-order valence-electron chi connectivity index (χ0n) is 14.8. The van der Waals surface area contributed by atoms with Crippen molar-refractivity contribution < 1.29 is 9.59 Å². The Morgan fingerprint density at radius 1 is 1.29 bits per heavy atom. The number of nitrogens with zero attached hydrogens (tertiary/aromatic N) is 2. The molecule has 2 heterocycles. The Kier molecular flexibility index (Phi) is 5.25. The summed E-state index contributed by atoms with van der Waals surface area (Å²) in [6.45, 7) is 9.07. The second-order valence-electron chi connectivity index (χ2n) is 6.83. The van der Waals surface area contributed by atoms with Crippen LogP contribution in [0.2, 0.25) is 0 Å². The van der Waals surface area contributed by atoms with Crippen LogP contribution < -0.4 is 5.32 Å². The van der Waals surface area contributed by atoms with Crippen molar-refractivity contribution in [1.29, 1.82) is 0 Å². The molecule has 0 bridgehead atoms. The number of carbonyl (C=O) groups excluding carboxylic acids is 2. The number of aryl methyl sites for hydroxylation is 2. The first-order chi connectivity index (χ1) is 11.5. The molecule has 1 aromatic rings. The van der Waals surface area contributed by atoms with Crippen LogP contribution in [0.3, 0.4) is 0 Å². The summed E-state index contributed by atoms with van der Waals surface area (Å²) in [4.78, 5) is 31.0. The Bertz CT molecular complexity index is 616. The Morgan fingerprint density at radius 3 is 2.50 bits per heavy atom. The molecule has 24 heavy (non-hydrogen) atoms. The van der Waals surface area contributed by atoms with Gasteiger partial charge < -0.3 is 10.2 Å². The van der Waals surface area contributed by atoms with Gasteiger partial charge in [-0.25, -0.2) is 0 Å². The molecule has 1 atom stereocenters.